The molecular weight excluding hydrogens is 225 g/mol. The highest BCUT2D eigenvalue weighted by atomic mass is 35.5. The summed E-state index contributed by atoms with van der Waals surface area (Å²) in [5.41, 5.74) is 2.49. The lowest BCUT2D eigenvalue weighted by Gasteiger charge is -2.02. The van der Waals surface area contributed by atoms with Crippen LogP contribution in [-0.2, 0) is 11.8 Å². The number of anilines is 1. The van der Waals surface area contributed by atoms with E-state index in [-0.39, 0.29) is 24.2 Å². The van der Waals surface area contributed by atoms with Gasteiger partial charge in [0.05, 0.1) is 17.1 Å². The Hall–Kier alpha value is -0.740. The normalized spacial score (nSPS) is 9.43. The molecule has 80 valence electrons. The highest BCUT2D eigenvalue weighted by Crippen LogP contribution is 2.17. The molecule has 0 unspecified atom stereocenters. The Morgan fingerprint density at radius 3 is 2.50 bits per heavy atom. The van der Waals surface area contributed by atoms with E-state index in [1.807, 2.05) is 20.9 Å². The van der Waals surface area contributed by atoms with Crippen molar-refractivity contribution >= 4 is 35.6 Å². The van der Waals surface area contributed by atoms with Crippen LogP contribution in [0.25, 0.3) is 0 Å². The van der Waals surface area contributed by atoms with E-state index in [0.717, 1.165) is 17.1 Å². The molecule has 0 fully saturated rings. The summed E-state index contributed by atoms with van der Waals surface area (Å²) in [6.07, 6.45) is 0. The molecule has 1 aromatic heterocycles. The molecule has 1 N–H and O–H groups in total. The van der Waals surface area contributed by atoms with Crippen LogP contribution in [0.3, 0.4) is 0 Å². The van der Waals surface area contributed by atoms with E-state index >= 15 is 0 Å². The standard InChI is InChI=1S/C8H12ClN3O.ClH/c1-5-8(10-7(13)4-9)6(2)12(3)11-5;/h4H2,1-3H3,(H,10,13);1H. The number of hydrogen-bond donors (Lipinski definition) is 1. The van der Waals surface area contributed by atoms with Gasteiger partial charge in [-0.3, -0.25) is 9.48 Å². The number of aromatic nitrogens is 2. The summed E-state index contributed by atoms with van der Waals surface area (Å²) < 4.78 is 1.72. The van der Waals surface area contributed by atoms with Crippen LogP contribution in [0, 0.1) is 13.8 Å². The van der Waals surface area contributed by atoms with Crippen LogP contribution in [0.4, 0.5) is 5.69 Å². The molecule has 0 aliphatic carbocycles. The molecule has 0 bridgehead atoms. The molecule has 0 radical (unpaired) electrons. The molecule has 0 aliphatic heterocycles. The molecule has 0 saturated heterocycles. The third-order valence-corrected chi connectivity index (χ3v) is 2.14. The maximum absolute atomic E-state index is 11.0. The molecule has 0 spiro atoms. The summed E-state index contributed by atoms with van der Waals surface area (Å²) in [7, 11) is 1.83. The van der Waals surface area contributed by atoms with E-state index in [4.69, 9.17) is 11.6 Å². The average Bonchev–Trinajstić information content (AvgIpc) is 2.32. The van der Waals surface area contributed by atoms with Gasteiger partial charge in [-0.05, 0) is 13.8 Å². The van der Waals surface area contributed by atoms with Gasteiger partial charge in [-0.25, -0.2) is 0 Å². The minimum atomic E-state index is -0.208. The van der Waals surface area contributed by atoms with Gasteiger partial charge in [0, 0.05) is 7.05 Å². The molecule has 4 nitrogen and oxygen atoms in total. The van der Waals surface area contributed by atoms with Gasteiger partial charge in [-0.2, -0.15) is 5.10 Å². The molecule has 1 amide bonds. The molecule has 1 heterocycles. The fourth-order valence-corrected chi connectivity index (χ4v) is 1.19. The highest BCUT2D eigenvalue weighted by molar-refractivity contribution is 6.29. The number of nitrogens with zero attached hydrogens (tertiary/aromatic N) is 2. The maximum atomic E-state index is 11.0. The number of amides is 1. The van der Waals surface area contributed by atoms with Crippen molar-refractivity contribution in [2.45, 2.75) is 13.8 Å². The topological polar surface area (TPSA) is 46.9 Å². The van der Waals surface area contributed by atoms with Crippen molar-refractivity contribution in [3.05, 3.63) is 11.4 Å². The Morgan fingerprint density at radius 2 is 2.14 bits per heavy atom. The van der Waals surface area contributed by atoms with Gasteiger partial charge in [-0.15, -0.1) is 24.0 Å². The second-order valence-electron chi connectivity index (χ2n) is 2.85. The lowest BCUT2D eigenvalue weighted by molar-refractivity contribution is -0.113. The Bertz CT molecular complexity index is 336. The van der Waals surface area contributed by atoms with Crippen molar-refractivity contribution in [3.63, 3.8) is 0 Å². The zero-order valence-corrected chi connectivity index (χ0v) is 9.87. The Balaban J connectivity index is 0.00000169. The molecule has 14 heavy (non-hydrogen) atoms. The molecule has 1 aromatic rings. The first-order chi connectivity index (χ1) is 6.06. The van der Waals surface area contributed by atoms with Crippen LogP contribution in [0.1, 0.15) is 11.4 Å². The summed E-state index contributed by atoms with van der Waals surface area (Å²) in [5, 5.41) is 6.85. The third-order valence-electron chi connectivity index (χ3n) is 1.89. The first-order valence-electron chi connectivity index (χ1n) is 3.92. The molecule has 0 saturated carbocycles. The van der Waals surface area contributed by atoms with Crippen LogP contribution in [0.2, 0.25) is 0 Å². The summed E-state index contributed by atoms with van der Waals surface area (Å²) >= 11 is 5.37. The lowest BCUT2D eigenvalue weighted by Crippen LogP contribution is -2.13. The van der Waals surface area contributed by atoms with Crippen molar-refractivity contribution in [2.75, 3.05) is 11.2 Å². The van der Waals surface area contributed by atoms with E-state index in [2.05, 4.69) is 10.4 Å². The lowest BCUT2D eigenvalue weighted by atomic mass is 10.3. The summed E-state index contributed by atoms with van der Waals surface area (Å²) in [6, 6.07) is 0. The molecule has 0 aromatic carbocycles. The van der Waals surface area contributed by atoms with Crippen LogP contribution in [0.15, 0.2) is 0 Å². The van der Waals surface area contributed by atoms with Gasteiger partial charge in [0.1, 0.15) is 5.88 Å². The Labute approximate surface area is 94.0 Å². The minimum absolute atomic E-state index is 0. The van der Waals surface area contributed by atoms with Gasteiger partial charge in [0.2, 0.25) is 5.91 Å². The Kier molecular flexibility index (Phi) is 4.94. The third kappa shape index (κ3) is 2.62. The number of carbonyl (C=O) groups excluding carboxylic acids is 1. The number of hydrogen-bond acceptors (Lipinski definition) is 2. The molecule has 1 rings (SSSR count). The first kappa shape index (κ1) is 13.3. The SMILES string of the molecule is Cc1nn(C)c(C)c1NC(=O)CCl.Cl. The fourth-order valence-electron chi connectivity index (χ4n) is 1.13. The quantitative estimate of drug-likeness (QED) is 0.796. The number of rotatable bonds is 2. The zero-order chi connectivity index (χ0) is 10.0. The van der Waals surface area contributed by atoms with Crippen molar-refractivity contribution < 1.29 is 4.79 Å². The highest BCUT2D eigenvalue weighted by Gasteiger charge is 2.10. The number of halogens is 2. The largest absolute Gasteiger partial charge is 0.322 e. The van der Waals surface area contributed by atoms with Gasteiger partial charge in [0.15, 0.2) is 0 Å². The molecular formula is C8H13Cl2N3O. The predicted octanol–water partition coefficient (Wildman–Crippen LogP) is 1.64. The van der Waals surface area contributed by atoms with Gasteiger partial charge in [-0.1, -0.05) is 0 Å². The second-order valence-corrected chi connectivity index (χ2v) is 3.12. The van der Waals surface area contributed by atoms with Gasteiger partial charge in [0.25, 0.3) is 0 Å². The average molecular weight is 238 g/mol. The summed E-state index contributed by atoms with van der Waals surface area (Å²) in [6.45, 7) is 3.74. The van der Waals surface area contributed by atoms with Crippen LogP contribution in [0.5, 0.6) is 0 Å². The maximum Gasteiger partial charge on any atom is 0.239 e. The predicted molar refractivity (Wildman–Crippen MR) is 59.3 cm³/mol. The van der Waals surface area contributed by atoms with Crippen molar-refractivity contribution in [1.29, 1.82) is 0 Å². The smallest absolute Gasteiger partial charge is 0.239 e. The Morgan fingerprint density at radius 1 is 1.57 bits per heavy atom. The van der Waals surface area contributed by atoms with Gasteiger partial charge < -0.3 is 5.32 Å². The van der Waals surface area contributed by atoms with Crippen LogP contribution >= 0.6 is 24.0 Å². The zero-order valence-electron chi connectivity index (χ0n) is 8.30. The molecule has 6 heteroatoms. The van der Waals surface area contributed by atoms with Crippen LogP contribution in [-0.4, -0.2) is 21.6 Å². The monoisotopic (exact) mass is 237 g/mol. The van der Waals surface area contributed by atoms with E-state index in [1.54, 1.807) is 4.68 Å². The van der Waals surface area contributed by atoms with Crippen molar-refractivity contribution in [1.82, 2.24) is 9.78 Å². The molecule has 0 atom stereocenters. The molecule has 0 aliphatic rings. The summed E-state index contributed by atoms with van der Waals surface area (Å²) in [5.74, 6) is -0.241. The minimum Gasteiger partial charge on any atom is -0.322 e. The number of alkyl halides is 1. The van der Waals surface area contributed by atoms with Crippen molar-refractivity contribution in [2.24, 2.45) is 7.05 Å². The number of aryl methyl sites for hydroxylation is 2. The number of carbonyl (C=O) groups is 1. The van der Waals surface area contributed by atoms with Crippen LogP contribution < -0.4 is 5.32 Å². The van der Waals surface area contributed by atoms with E-state index in [0.29, 0.717) is 0 Å². The van der Waals surface area contributed by atoms with E-state index in [9.17, 15) is 4.79 Å². The summed E-state index contributed by atoms with van der Waals surface area (Å²) in [4.78, 5) is 11.0. The van der Waals surface area contributed by atoms with Gasteiger partial charge >= 0.3 is 0 Å². The number of nitrogens with one attached hydrogen (secondary N) is 1. The second kappa shape index (κ2) is 5.22. The van der Waals surface area contributed by atoms with E-state index < -0.39 is 0 Å². The fraction of sp³-hybridized carbons (Fsp3) is 0.500. The first-order valence-corrected chi connectivity index (χ1v) is 4.45. The van der Waals surface area contributed by atoms with Crippen molar-refractivity contribution in [3.8, 4) is 0 Å². The van der Waals surface area contributed by atoms with E-state index in [1.165, 1.54) is 0 Å².